The van der Waals surface area contributed by atoms with Crippen LogP contribution in [0.2, 0.25) is 0 Å². The summed E-state index contributed by atoms with van der Waals surface area (Å²) in [7, 11) is 0. The topological polar surface area (TPSA) is 36.4 Å². The summed E-state index contributed by atoms with van der Waals surface area (Å²) in [6.07, 6.45) is 3.51. The number of amides is 1. The molecule has 0 radical (unpaired) electrons. The first kappa shape index (κ1) is 19.1. The third kappa shape index (κ3) is 4.51. The van der Waals surface area contributed by atoms with Crippen LogP contribution in [0.5, 0.6) is 0 Å². The fraction of sp³-hybridized carbons (Fsp3) is 0.524. The zero-order chi connectivity index (χ0) is 18.5. The zero-order valence-corrected chi connectivity index (χ0v) is 16.9. The Labute approximate surface area is 160 Å². The van der Waals surface area contributed by atoms with Gasteiger partial charge >= 0.3 is 0 Å². The highest BCUT2D eigenvalue weighted by Gasteiger charge is 2.24. The van der Waals surface area contributed by atoms with Crippen LogP contribution >= 0.6 is 11.3 Å². The Kier molecular flexibility index (Phi) is 6.43. The Morgan fingerprint density at radius 2 is 2.04 bits per heavy atom. The Balaban J connectivity index is 1.72. The summed E-state index contributed by atoms with van der Waals surface area (Å²) >= 11 is 1.53. The minimum atomic E-state index is 0.149. The molecule has 2 aromatic rings. The van der Waals surface area contributed by atoms with E-state index in [1.807, 2.05) is 17.9 Å². The molecule has 0 spiro atoms. The van der Waals surface area contributed by atoms with Crippen molar-refractivity contribution in [2.24, 2.45) is 0 Å². The predicted octanol–water partition coefficient (Wildman–Crippen LogP) is 4.37. The Morgan fingerprint density at radius 3 is 2.81 bits per heavy atom. The molecular formula is C21H29N3OS. The van der Waals surface area contributed by atoms with E-state index in [1.165, 1.54) is 29.7 Å². The SMILES string of the molecule is CCCCN1CCCN(C(=O)c2sc(-c3cccc(C)c3)nc2C)CC1. The second-order valence-corrected chi connectivity index (χ2v) is 8.14. The van der Waals surface area contributed by atoms with Gasteiger partial charge in [0.2, 0.25) is 0 Å². The van der Waals surface area contributed by atoms with Gasteiger partial charge in [0.05, 0.1) is 5.69 Å². The van der Waals surface area contributed by atoms with Gasteiger partial charge in [-0.05, 0) is 45.8 Å². The van der Waals surface area contributed by atoms with Crippen LogP contribution < -0.4 is 0 Å². The van der Waals surface area contributed by atoms with Gasteiger partial charge in [0.1, 0.15) is 9.88 Å². The summed E-state index contributed by atoms with van der Waals surface area (Å²) in [4.78, 5) is 23.1. The highest BCUT2D eigenvalue weighted by atomic mass is 32.1. The number of aryl methyl sites for hydroxylation is 2. The van der Waals surface area contributed by atoms with Gasteiger partial charge in [-0.3, -0.25) is 4.79 Å². The number of carbonyl (C=O) groups excluding carboxylic acids is 1. The number of thiazole rings is 1. The number of unbranched alkanes of at least 4 members (excludes halogenated alkanes) is 1. The number of rotatable bonds is 5. The molecule has 1 aromatic heterocycles. The van der Waals surface area contributed by atoms with E-state index in [-0.39, 0.29) is 5.91 Å². The molecule has 0 atom stereocenters. The first-order valence-electron chi connectivity index (χ1n) is 9.64. The zero-order valence-electron chi connectivity index (χ0n) is 16.1. The van der Waals surface area contributed by atoms with Crippen molar-refractivity contribution in [3.63, 3.8) is 0 Å². The van der Waals surface area contributed by atoms with E-state index in [1.54, 1.807) is 0 Å². The molecule has 1 saturated heterocycles. The molecule has 1 aliphatic rings. The van der Waals surface area contributed by atoms with Crippen molar-refractivity contribution >= 4 is 17.2 Å². The molecule has 4 nitrogen and oxygen atoms in total. The molecule has 1 aromatic carbocycles. The van der Waals surface area contributed by atoms with Crippen molar-refractivity contribution in [2.45, 2.75) is 40.0 Å². The van der Waals surface area contributed by atoms with Crippen molar-refractivity contribution < 1.29 is 4.79 Å². The summed E-state index contributed by atoms with van der Waals surface area (Å²) in [5.41, 5.74) is 3.16. The lowest BCUT2D eigenvalue weighted by Crippen LogP contribution is -2.35. The number of hydrogen-bond donors (Lipinski definition) is 0. The summed E-state index contributed by atoms with van der Waals surface area (Å²) in [6, 6.07) is 8.32. The fourth-order valence-electron chi connectivity index (χ4n) is 3.42. The normalized spacial score (nSPS) is 15.9. The third-order valence-electron chi connectivity index (χ3n) is 4.96. The number of benzene rings is 1. The fourth-order valence-corrected chi connectivity index (χ4v) is 4.45. The maximum absolute atomic E-state index is 13.1. The minimum absolute atomic E-state index is 0.149. The maximum atomic E-state index is 13.1. The van der Waals surface area contributed by atoms with Crippen LogP contribution in [0.25, 0.3) is 10.6 Å². The molecule has 5 heteroatoms. The van der Waals surface area contributed by atoms with Crippen LogP contribution in [0, 0.1) is 13.8 Å². The van der Waals surface area contributed by atoms with Gasteiger partial charge < -0.3 is 9.80 Å². The molecule has 1 amide bonds. The van der Waals surface area contributed by atoms with Crippen LogP contribution in [0.3, 0.4) is 0 Å². The Bertz CT molecular complexity index is 755. The van der Waals surface area contributed by atoms with Crippen molar-refractivity contribution in [1.29, 1.82) is 0 Å². The Hall–Kier alpha value is -1.72. The van der Waals surface area contributed by atoms with Crippen LogP contribution in [0.15, 0.2) is 24.3 Å². The van der Waals surface area contributed by atoms with E-state index < -0.39 is 0 Å². The summed E-state index contributed by atoms with van der Waals surface area (Å²) in [5.74, 6) is 0.149. The van der Waals surface area contributed by atoms with Crippen LogP contribution in [-0.2, 0) is 0 Å². The number of hydrogen-bond acceptors (Lipinski definition) is 4. The summed E-state index contributed by atoms with van der Waals surface area (Å²) in [6.45, 7) is 11.2. The van der Waals surface area contributed by atoms with Crippen molar-refractivity contribution in [3.8, 4) is 10.6 Å². The molecule has 26 heavy (non-hydrogen) atoms. The molecule has 0 bridgehead atoms. The molecule has 0 unspecified atom stereocenters. The second kappa shape index (κ2) is 8.78. The van der Waals surface area contributed by atoms with Gasteiger partial charge in [-0.1, -0.05) is 37.1 Å². The first-order chi connectivity index (χ1) is 12.6. The van der Waals surface area contributed by atoms with E-state index in [0.717, 1.165) is 60.3 Å². The Morgan fingerprint density at radius 1 is 1.19 bits per heavy atom. The van der Waals surface area contributed by atoms with Gasteiger partial charge in [0, 0.05) is 25.2 Å². The van der Waals surface area contributed by atoms with E-state index in [9.17, 15) is 4.79 Å². The number of aromatic nitrogens is 1. The minimum Gasteiger partial charge on any atom is -0.337 e. The summed E-state index contributed by atoms with van der Waals surface area (Å²) < 4.78 is 0. The van der Waals surface area contributed by atoms with E-state index in [4.69, 9.17) is 0 Å². The smallest absolute Gasteiger partial charge is 0.265 e. The molecule has 1 aliphatic heterocycles. The van der Waals surface area contributed by atoms with Crippen molar-refractivity contribution in [1.82, 2.24) is 14.8 Å². The van der Waals surface area contributed by atoms with Crippen LogP contribution in [-0.4, -0.2) is 53.4 Å². The van der Waals surface area contributed by atoms with E-state index in [2.05, 4.69) is 41.9 Å². The molecule has 2 heterocycles. The first-order valence-corrected chi connectivity index (χ1v) is 10.5. The molecule has 0 aliphatic carbocycles. The van der Waals surface area contributed by atoms with Gasteiger partial charge in [-0.25, -0.2) is 4.98 Å². The van der Waals surface area contributed by atoms with Gasteiger partial charge in [0.15, 0.2) is 0 Å². The molecule has 140 valence electrons. The maximum Gasteiger partial charge on any atom is 0.265 e. The van der Waals surface area contributed by atoms with E-state index >= 15 is 0 Å². The third-order valence-corrected chi connectivity index (χ3v) is 6.15. The van der Waals surface area contributed by atoms with Crippen LogP contribution in [0.1, 0.15) is 47.1 Å². The molecule has 3 rings (SSSR count). The van der Waals surface area contributed by atoms with Crippen molar-refractivity contribution in [2.75, 3.05) is 32.7 Å². The highest BCUT2D eigenvalue weighted by molar-refractivity contribution is 7.17. The average molecular weight is 372 g/mol. The number of carbonyl (C=O) groups is 1. The van der Waals surface area contributed by atoms with Gasteiger partial charge in [-0.15, -0.1) is 11.3 Å². The quantitative estimate of drug-likeness (QED) is 0.783. The van der Waals surface area contributed by atoms with E-state index in [0.29, 0.717) is 0 Å². The van der Waals surface area contributed by atoms with Gasteiger partial charge in [-0.2, -0.15) is 0 Å². The second-order valence-electron chi connectivity index (χ2n) is 7.14. The molecule has 0 N–H and O–H groups in total. The number of nitrogens with zero attached hydrogens (tertiary/aromatic N) is 3. The lowest BCUT2D eigenvalue weighted by atomic mass is 10.1. The van der Waals surface area contributed by atoms with Crippen LogP contribution in [0.4, 0.5) is 0 Å². The molecule has 1 fully saturated rings. The highest BCUT2D eigenvalue weighted by Crippen LogP contribution is 2.29. The van der Waals surface area contributed by atoms with Crippen molar-refractivity contribution in [3.05, 3.63) is 40.4 Å². The molecular weight excluding hydrogens is 342 g/mol. The lowest BCUT2D eigenvalue weighted by Gasteiger charge is -2.21. The monoisotopic (exact) mass is 371 g/mol. The lowest BCUT2D eigenvalue weighted by molar-refractivity contribution is 0.0765. The summed E-state index contributed by atoms with van der Waals surface area (Å²) in [5, 5.41) is 0.939. The molecule has 0 saturated carbocycles. The largest absolute Gasteiger partial charge is 0.337 e. The standard InChI is InChI=1S/C21H29N3OS/c1-4-5-10-23-11-7-12-24(14-13-23)21(25)19-17(3)22-20(26-19)18-9-6-8-16(2)15-18/h6,8-9,15H,4-5,7,10-14H2,1-3H3. The average Bonchev–Trinajstić information content (AvgIpc) is 2.87. The predicted molar refractivity (Wildman–Crippen MR) is 109 cm³/mol. The van der Waals surface area contributed by atoms with Gasteiger partial charge in [0.25, 0.3) is 5.91 Å².